The second kappa shape index (κ2) is 6.09. The lowest BCUT2D eigenvalue weighted by atomic mass is 9.82. The van der Waals surface area contributed by atoms with Gasteiger partial charge in [0.1, 0.15) is 16.8 Å². The van der Waals surface area contributed by atoms with Crippen molar-refractivity contribution in [2.75, 3.05) is 13.2 Å². The Morgan fingerprint density at radius 2 is 2.08 bits per heavy atom. The van der Waals surface area contributed by atoms with Gasteiger partial charge < -0.3 is 34.8 Å². The number of carbonyl (C=O) groups excluding carboxylic acids is 1. The summed E-state index contributed by atoms with van der Waals surface area (Å²) >= 11 is 0. The Labute approximate surface area is 151 Å². The molecule has 0 saturated carbocycles. The molecule has 0 unspecified atom stereocenters. The Hall–Kier alpha value is -1.87. The van der Waals surface area contributed by atoms with Gasteiger partial charge in [-0.2, -0.15) is 0 Å². The van der Waals surface area contributed by atoms with Crippen LogP contribution in [0, 0.1) is 0 Å². The highest BCUT2D eigenvalue weighted by molar-refractivity contribution is 5.91. The van der Waals surface area contributed by atoms with Crippen molar-refractivity contribution in [1.82, 2.24) is 4.90 Å². The van der Waals surface area contributed by atoms with E-state index in [2.05, 4.69) is 0 Å². The van der Waals surface area contributed by atoms with Gasteiger partial charge >= 0.3 is 5.97 Å². The number of fused-ring (bicyclic) bond motifs is 1. The maximum absolute atomic E-state index is 12.4. The van der Waals surface area contributed by atoms with Crippen molar-refractivity contribution in [2.24, 2.45) is 0 Å². The summed E-state index contributed by atoms with van der Waals surface area (Å²) in [5, 5.41) is 42.1. The van der Waals surface area contributed by atoms with E-state index in [4.69, 9.17) is 9.47 Å². The van der Waals surface area contributed by atoms with Crippen LogP contribution in [0.1, 0.15) is 34.1 Å². The minimum Gasteiger partial charge on any atom is -0.505 e. The summed E-state index contributed by atoms with van der Waals surface area (Å²) in [6.07, 6.45) is -1.01. The van der Waals surface area contributed by atoms with E-state index in [-0.39, 0.29) is 36.6 Å². The zero-order valence-corrected chi connectivity index (χ0v) is 15.3. The number of carbonyl (C=O) groups is 1. The van der Waals surface area contributed by atoms with Gasteiger partial charge in [0.2, 0.25) is 0 Å². The van der Waals surface area contributed by atoms with Crippen LogP contribution in [0.4, 0.5) is 0 Å². The zero-order chi connectivity index (χ0) is 19.4. The molecule has 0 aromatic carbocycles. The van der Waals surface area contributed by atoms with Gasteiger partial charge in [0.15, 0.2) is 18.3 Å². The number of nitrogens with zero attached hydrogens (tertiary/aromatic N) is 1. The molecule has 3 rings (SSSR count). The predicted molar refractivity (Wildman–Crippen MR) is 90.5 cm³/mol. The third-order valence-electron chi connectivity index (χ3n) is 4.86. The number of aliphatic hydroxyl groups excluding tert-OH is 3. The van der Waals surface area contributed by atoms with E-state index in [0.29, 0.717) is 11.1 Å². The molecule has 0 aromatic rings. The third kappa shape index (κ3) is 2.83. The standard InChI is InChI=1S/C18H25NO7/c1-5-18(24)11-6-12-13(20)9(15(22)26-17(2,3)4)7-19(12)14(21)10(11)8-25-16(18)23/h6,14,16,20-21,23-24H,5,7-8H2,1-4H3/t14-,16-,18-/m0/s1. The molecule has 3 aliphatic rings. The molecule has 3 heterocycles. The molecule has 26 heavy (non-hydrogen) atoms. The normalized spacial score (nSPS) is 31.7. The van der Waals surface area contributed by atoms with E-state index in [0.717, 1.165) is 0 Å². The lowest BCUT2D eigenvalue weighted by molar-refractivity contribution is -0.207. The summed E-state index contributed by atoms with van der Waals surface area (Å²) < 4.78 is 10.5. The van der Waals surface area contributed by atoms with Crippen molar-refractivity contribution in [2.45, 2.75) is 57.8 Å². The summed E-state index contributed by atoms with van der Waals surface area (Å²) in [6, 6.07) is 0. The first kappa shape index (κ1) is 18.9. The zero-order valence-electron chi connectivity index (χ0n) is 15.3. The maximum Gasteiger partial charge on any atom is 0.340 e. The SMILES string of the molecule is CC[C@]1(O)C2=C(CO[C@@H]1O)[C@H](O)N1CC(C(=O)OC(C)(C)C)=C(O)C1=C2. The fourth-order valence-electron chi connectivity index (χ4n) is 3.41. The van der Waals surface area contributed by atoms with E-state index in [1.165, 1.54) is 11.0 Å². The van der Waals surface area contributed by atoms with Gasteiger partial charge in [-0.25, -0.2) is 4.79 Å². The highest BCUT2D eigenvalue weighted by Crippen LogP contribution is 2.43. The van der Waals surface area contributed by atoms with Gasteiger partial charge in [0.25, 0.3) is 0 Å². The Morgan fingerprint density at radius 1 is 1.42 bits per heavy atom. The van der Waals surface area contributed by atoms with Crippen LogP contribution in [0.5, 0.6) is 0 Å². The predicted octanol–water partition coefficient (Wildman–Crippen LogP) is 0.458. The lowest BCUT2D eigenvalue weighted by Crippen LogP contribution is -2.53. The second-order valence-corrected chi connectivity index (χ2v) is 7.74. The van der Waals surface area contributed by atoms with Gasteiger partial charge in [-0.1, -0.05) is 6.92 Å². The van der Waals surface area contributed by atoms with E-state index in [1.54, 1.807) is 27.7 Å². The van der Waals surface area contributed by atoms with E-state index in [1.807, 2.05) is 0 Å². The van der Waals surface area contributed by atoms with Crippen molar-refractivity contribution in [3.05, 3.63) is 34.3 Å². The van der Waals surface area contributed by atoms with Gasteiger partial charge in [-0.15, -0.1) is 0 Å². The molecule has 0 radical (unpaired) electrons. The topological polar surface area (TPSA) is 120 Å². The van der Waals surface area contributed by atoms with Crippen LogP contribution in [0.25, 0.3) is 0 Å². The van der Waals surface area contributed by atoms with Crippen molar-refractivity contribution >= 4 is 5.97 Å². The molecule has 144 valence electrons. The number of rotatable bonds is 2. The highest BCUT2D eigenvalue weighted by atomic mass is 16.6. The summed E-state index contributed by atoms with van der Waals surface area (Å²) in [4.78, 5) is 13.8. The van der Waals surface area contributed by atoms with Crippen LogP contribution < -0.4 is 0 Å². The Kier molecular flexibility index (Phi) is 4.43. The van der Waals surface area contributed by atoms with Gasteiger partial charge in [0, 0.05) is 5.57 Å². The number of esters is 1. The highest BCUT2D eigenvalue weighted by Gasteiger charge is 2.49. The number of hydrogen-bond acceptors (Lipinski definition) is 8. The van der Waals surface area contributed by atoms with E-state index in [9.17, 15) is 25.2 Å². The summed E-state index contributed by atoms with van der Waals surface area (Å²) in [5.74, 6) is -0.971. The minimum atomic E-state index is -1.71. The van der Waals surface area contributed by atoms with Gasteiger partial charge in [-0.3, -0.25) is 0 Å². The van der Waals surface area contributed by atoms with Crippen LogP contribution >= 0.6 is 0 Å². The Morgan fingerprint density at radius 3 is 2.65 bits per heavy atom. The van der Waals surface area contributed by atoms with Crippen LogP contribution in [0.15, 0.2) is 34.3 Å². The van der Waals surface area contributed by atoms with Gasteiger partial charge in [-0.05, 0) is 38.8 Å². The molecule has 0 aliphatic carbocycles. The first-order valence-electron chi connectivity index (χ1n) is 8.57. The van der Waals surface area contributed by atoms with Gasteiger partial charge in [0.05, 0.1) is 18.8 Å². The fourth-order valence-corrected chi connectivity index (χ4v) is 3.41. The maximum atomic E-state index is 12.4. The Balaban J connectivity index is 2.02. The summed E-state index contributed by atoms with van der Waals surface area (Å²) in [6.45, 7) is 6.74. The summed E-state index contributed by atoms with van der Waals surface area (Å²) in [7, 11) is 0. The van der Waals surface area contributed by atoms with Crippen molar-refractivity contribution < 1.29 is 34.7 Å². The monoisotopic (exact) mass is 367 g/mol. The molecular weight excluding hydrogens is 342 g/mol. The van der Waals surface area contributed by atoms with Crippen molar-refractivity contribution in [1.29, 1.82) is 0 Å². The van der Waals surface area contributed by atoms with Crippen molar-refractivity contribution in [3.63, 3.8) is 0 Å². The molecule has 0 bridgehead atoms. The lowest BCUT2D eigenvalue weighted by Gasteiger charge is -2.44. The fraction of sp³-hybridized carbons (Fsp3) is 0.611. The molecular formula is C18H25NO7. The molecule has 8 heteroatoms. The van der Waals surface area contributed by atoms with Crippen LogP contribution in [0.2, 0.25) is 0 Å². The molecule has 3 atom stereocenters. The quantitative estimate of drug-likeness (QED) is 0.520. The molecule has 0 aromatic heterocycles. The van der Waals surface area contributed by atoms with Crippen molar-refractivity contribution in [3.8, 4) is 0 Å². The third-order valence-corrected chi connectivity index (χ3v) is 4.86. The van der Waals surface area contributed by atoms with E-state index < -0.39 is 29.7 Å². The second-order valence-electron chi connectivity index (χ2n) is 7.74. The first-order valence-corrected chi connectivity index (χ1v) is 8.57. The molecule has 0 saturated heterocycles. The van der Waals surface area contributed by atoms with Crippen LogP contribution in [-0.4, -0.2) is 68.2 Å². The average molecular weight is 367 g/mol. The molecule has 0 amide bonds. The Bertz CT molecular complexity index is 730. The number of ether oxygens (including phenoxy) is 2. The smallest absolute Gasteiger partial charge is 0.340 e. The molecule has 0 spiro atoms. The van der Waals surface area contributed by atoms with Crippen LogP contribution in [-0.2, 0) is 14.3 Å². The first-order chi connectivity index (χ1) is 12.0. The molecule has 4 N–H and O–H groups in total. The molecule has 3 aliphatic heterocycles. The molecule has 0 fully saturated rings. The molecule has 8 nitrogen and oxygen atoms in total. The summed E-state index contributed by atoms with van der Waals surface area (Å²) in [5.41, 5.74) is -1.50. The van der Waals surface area contributed by atoms with E-state index >= 15 is 0 Å². The van der Waals surface area contributed by atoms with Crippen LogP contribution in [0.3, 0.4) is 0 Å². The largest absolute Gasteiger partial charge is 0.505 e. The average Bonchev–Trinajstić information content (AvgIpc) is 2.88. The number of hydrogen-bond donors (Lipinski definition) is 4. The number of aliphatic hydroxyl groups is 4. The minimum absolute atomic E-state index is 0.0301.